The Morgan fingerprint density at radius 1 is 1.32 bits per heavy atom. The summed E-state index contributed by atoms with van der Waals surface area (Å²) in [4.78, 5) is 0. The van der Waals surface area contributed by atoms with E-state index in [1.165, 1.54) is 0 Å². The van der Waals surface area contributed by atoms with E-state index in [0.29, 0.717) is 0 Å². The molecule has 0 aliphatic heterocycles. The summed E-state index contributed by atoms with van der Waals surface area (Å²) in [7, 11) is 0. The fourth-order valence-corrected chi connectivity index (χ4v) is 3.12. The van der Waals surface area contributed by atoms with Gasteiger partial charge in [0.05, 0.1) is 15.9 Å². The Morgan fingerprint density at radius 3 is 2.63 bits per heavy atom. The van der Waals surface area contributed by atoms with Crippen molar-refractivity contribution in [2.45, 2.75) is 26.0 Å². The van der Waals surface area contributed by atoms with Crippen LogP contribution in [-0.2, 0) is 0 Å². The number of halogens is 1. The maximum Gasteiger partial charge on any atom is 0.124 e. The fraction of sp³-hybridized carbons (Fsp3) is 0.286. The standard InChI is InChI=1S/C14H17BrN2OS/c1-9(2)18-12-6-4-3-5-11(12)14(17-16)10-7-13(15)19-8-10/h3-9,14,17H,16H2,1-2H3. The van der Waals surface area contributed by atoms with Crippen molar-refractivity contribution in [2.24, 2.45) is 5.84 Å². The first kappa shape index (κ1) is 14.5. The molecule has 0 saturated carbocycles. The zero-order valence-corrected chi connectivity index (χ0v) is 13.3. The lowest BCUT2D eigenvalue weighted by atomic mass is 10.0. The van der Waals surface area contributed by atoms with Crippen molar-refractivity contribution in [1.82, 2.24) is 5.43 Å². The summed E-state index contributed by atoms with van der Waals surface area (Å²) < 4.78 is 6.94. The molecule has 0 saturated heterocycles. The summed E-state index contributed by atoms with van der Waals surface area (Å²) in [6, 6.07) is 9.97. The quantitative estimate of drug-likeness (QED) is 0.641. The number of hydrazine groups is 1. The maximum atomic E-state index is 5.85. The molecule has 3 nitrogen and oxygen atoms in total. The highest BCUT2D eigenvalue weighted by atomic mass is 79.9. The summed E-state index contributed by atoms with van der Waals surface area (Å²) >= 11 is 5.12. The summed E-state index contributed by atoms with van der Waals surface area (Å²) in [5.74, 6) is 6.59. The number of para-hydroxylation sites is 1. The molecule has 0 bridgehead atoms. The third kappa shape index (κ3) is 3.57. The Balaban J connectivity index is 2.38. The molecule has 1 aromatic carbocycles. The number of hydrogen-bond donors (Lipinski definition) is 2. The van der Waals surface area contributed by atoms with Crippen LogP contribution in [-0.4, -0.2) is 6.10 Å². The SMILES string of the molecule is CC(C)Oc1ccccc1C(NN)c1csc(Br)c1. The third-order valence-electron chi connectivity index (χ3n) is 2.68. The van der Waals surface area contributed by atoms with Crippen molar-refractivity contribution in [1.29, 1.82) is 0 Å². The van der Waals surface area contributed by atoms with Crippen LogP contribution in [0.15, 0.2) is 39.5 Å². The molecule has 0 radical (unpaired) electrons. The lowest BCUT2D eigenvalue weighted by Gasteiger charge is -2.20. The second-order valence-electron chi connectivity index (χ2n) is 4.49. The minimum atomic E-state index is -0.0718. The minimum Gasteiger partial charge on any atom is -0.491 e. The number of ether oxygens (including phenoxy) is 1. The van der Waals surface area contributed by atoms with Crippen LogP contribution in [0, 0.1) is 0 Å². The predicted octanol–water partition coefficient (Wildman–Crippen LogP) is 3.85. The molecule has 102 valence electrons. The number of nitrogens with two attached hydrogens (primary N) is 1. The summed E-state index contributed by atoms with van der Waals surface area (Å²) in [6.45, 7) is 4.03. The van der Waals surface area contributed by atoms with E-state index in [1.54, 1.807) is 11.3 Å². The molecule has 3 N–H and O–H groups in total. The molecule has 0 aliphatic carbocycles. The molecule has 0 amide bonds. The van der Waals surface area contributed by atoms with E-state index in [2.05, 4.69) is 32.8 Å². The van der Waals surface area contributed by atoms with Gasteiger partial charge in [-0.15, -0.1) is 11.3 Å². The highest BCUT2D eigenvalue weighted by Crippen LogP contribution is 2.33. The first-order chi connectivity index (χ1) is 9.11. The van der Waals surface area contributed by atoms with E-state index in [1.807, 2.05) is 38.1 Å². The van der Waals surface area contributed by atoms with Gasteiger partial charge in [0.25, 0.3) is 0 Å². The predicted molar refractivity (Wildman–Crippen MR) is 83.4 cm³/mol. The van der Waals surface area contributed by atoms with Gasteiger partial charge >= 0.3 is 0 Å². The van der Waals surface area contributed by atoms with Crippen LogP contribution in [0.1, 0.15) is 31.0 Å². The molecule has 1 heterocycles. The molecular formula is C14H17BrN2OS. The molecule has 19 heavy (non-hydrogen) atoms. The van der Waals surface area contributed by atoms with E-state index < -0.39 is 0 Å². The first-order valence-electron chi connectivity index (χ1n) is 6.07. The largest absolute Gasteiger partial charge is 0.491 e. The van der Waals surface area contributed by atoms with E-state index in [4.69, 9.17) is 10.6 Å². The Morgan fingerprint density at radius 2 is 2.05 bits per heavy atom. The zero-order chi connectivity index (χ0) is 13.8. The molecule has 1 aromatic heterocycles. The van der Waals surface area contributed by atoms with Crippen molar-refractivity contribution in [2.75, 3.05) is 0 Å². The van der Waals surface area contributed by atoms with Gasteiger partial charge in [-0.1, -0.05) is 18.2 Å². The van der Waals surface area contributed by atoms with Gasteiger partial charge in [0.2, 0.25) is 0 Å². The van der Waals surface area contributed by atoms with Gasteiger partial charge in [-0.05, 0) is 52.9 Å². The van der Waals surface area contributed by atoms with Crippen LogP contribution < -0.4 is 16.0 Å². The van der Waals surface area contributed by atoms with Crippen LogP contribution in [0.3, 0.4) is 0 Å². The molecular weight excluding hydrogens is 324 g/mol. The van der Waals surface area contributed by atoms with Gasteiger partial charge < -0.3 is 4.74 Å². The molecule has 2 rings (SSSR count). The van der Waals surface area contributed by atoms with Crippen LogP contribution in [0.5, 0.6) is 5.75 Å². The van der Waals surface area contributed by atoms with E-state index in [0.717, 1.165) is 20.7 Å². The number of nitrogens with one attached hydrogen (secondary N) is 1. The van der Waals surface area contributed by atoms with Crippen LogP contribution in [0.4, 0.5) is 0 Å². The Labute approximate surface area is 125 Å². The summed E-state index contributed by atoms with van der Waals surface area (Å²) in [6.07, 6.45) is 0.133. The van der Waals surface area contributed by atoms with Crippen molar-refractivity contribution < 1.29 is 4.74 Å². The smallest absolute Gasteiger partial charge is 0.124 e. The Bertz CT molecular complexity index is 542. The summed E-state index contributed by atoms with van der Waals surface area (Å²) in [5, 5.41) is 2.08. The molecule has 0 spiro atoms. The normalized spacial score (nSPS) is 12.7. The van der Waals surface area contributed by atoms with Crippen molar-refractivity contribution in [3.63, 3.8) is 0 Å². The molecule has 0 fully saturated rings. The zero-order valence-electron chi connectivity index (χ0n) is 10.9. The van der Waals surface area contributed by atoms with Gasteiger partial charge in [-0.2, -0.15) is 0 Å². The second kappa shape index (κ2) is 6.52. The average molecular weight is 341 g/mol. The van der Waals surface area contributed by atoms with Gasteiger partial charge in [0.1, 0.15) is 5.75 Å². The van der Waals surface area contributed by atoms with Crippen LogP contribution in [0.25, 0.3) is 0 Å². The average Bonchev–Trinajstić information content (AvgIpc) is 2.78. The lowest BCUT2D eigenvalue weighted by molar-refractivity contribution is 0.238. The number of thiophene rings is 1. The highest BCUT2D eigenvalue weighted by Gasteiger charge is 2.18. The molecule has 5 heteroatoms. The van der Waals surface area contributed by atoms with Crippen LogP contribution >= 0.6 is 27.3 Å². The van der Waals surface area contributed by atoms with E-state index in [9.17, 15) is 0 Å². The number of rotatable bonds is 5. The minimum absolute atomic E-state index is 0.0718. The van der Waals surface area contributed by atoms with Gasteiger partial charge in [-0.25, -0.2) is 5.43 Å². The molecule has 0 aliphatic rings. The number of hydrogen-bond acceptors (Lipinski definition) is 4. The van der Waals surface area contributed by atoms with E-state index >= 15 is 0 Å². The molecule has 2 aromatic rings. The maximum absolute atomic E-state index is 5.85. The Kier molecular flexibility index (Phi) is 4.99. The monoisotopic (exact) mass is 340 g/mol. The van der Waals surface area contributed by atoms with Crippen LogP contribution in [0.2, 0.25) is 0 Å². The first-order valence-corrected chi connectivity index (χ1v) is 7.74. The topological polar surface area (TPSA) is 47.3 Å². The summed E-state index contributed by atoms with van der Waals surface area (Å²) in [5.41, 5.74) is 5.04. The van der Waals surface area contributed by atoms with Crippen molar-refractivity contribution in [3.8, 4) is 5.75 Å². The van der Waals surface area contributed by atoms with Gasteiger partial charge in [0, 0.05) is 5.56 Å². The van der Waals surface area contributed by atoms with Gasteiger partial charge in [0.15, 0.2) is 0 Å². The van der Waals surface area contributed by atoms with Crippen molar-refractivity contribution in [3.05, 3.63) is 50.6 Å². The molecule has 1 unspecified atom stereocenters. The fourth-order valence-electron chi connectivity index (χ4n) is 1.92. The highest BCUT2D eigenvalue weighted by molar-refractivity contribution is 9.11. The third-order valence-corrected chi connectivity index (χ3v) is 4.20. The number of benzene rings is 1. The Hall–Kier alpha value is -0.880. The lowest BCUT2D eigenvalue weighted by Crippen LogP contribution is -2.29. The van der Waals surface area contributed by atoms with Crippen molar-refractivity contribution >= 4 is 27.3 Å². The van der Waals surface area contributed by atoms with E-state index in [-0.39, 0.29) is 12.1 Å². The van der Waals surface area contributed by atoms with Gasteiger partial charge in [-0.3, -0.25) is 5.84 Å². The molecule has 1 atom stereocenters. The second-order valence-corrected chi connectivity index (χ2v) is 6.78.